The summed E-state index contributed by atoms with van der Waals surface area (Å²) in [6.07, 6.45) is 0. The molecule has 0 unspecified atom stereocenters. The molecule has 0 bridgehead atoms. The van der Waals surface area contributed by atoms with E-state index < -0.39 is 20.2 Å². The summed E-state index contributed by atoms with van der Waals surface area (Å²) in [7, 11) is -8.54. The van der Waals surface area contributed by atoms with Crippen molar-refractivity contribution in [2.24, 2.45) is 0 Å². The van der Waals surface area contributed by atoms with Gasteiger partial charge in [0.05, 0.1) is 9.79 Å². The van der Waals surface area contributed by atoms with Crippen LogP contribution in [0.5, 0.6) is 0 Å². The first-order chi connectivity index (χ1) is 10.00. The molecule has 0 saturated carbocycles. The molecule has 0 spiro atoms. The minimum absolute atomic E-state index is 0. The standard InChI is InChI=1S/2C7H8O3S.Hg/c2*1-6-2-4-7(5-3-6)11(8,9)10;/h2*2-5H,1H3,(H,8,9,10);/q;;+2/p-2. The predicted octanol–water partition coefficient (Wildman–Crippen LogP) is 1.80. The number of benzene rings is 2. The molecule has 0 radical (unpaired) electrons. The van der Waals surface area contributed by atoms with Crippen molar-refractivity contribution in [3.8, 4) is 0 Å². The fourth-order valence-corrected chi connectivity index (χ4v) is 2.35. The van der Waals surface area contributed by atoms with Crippen LogP contribution in [0.25, 0.3) is 0 Å². The number of hydrogen-bond acceptors (Lipinski definition) is 6. The van der Waals surface area contributed by atoms with Crippen molar-refractivity contribution >= 4 is 20.2 Å². The summed E-state index contributed by atoms with van der Waals surface area (Å²) in [4.78, 5) is -0.355. The van der Waals surface area contributed by atoms with Crippen LogP contribution in [0.1, 0.15) is 11.1 Å². The maximum atomic E-state index is 10.4. The summed E-state index contributed by atoms with van der Waals surface area (Å²) in [6, 6.07) is 11.6. The molecule has 0 aliphatic heterocycles. The molecule has 0 fully saturated rings. The Bertz CT molecular complexity index is 752. The predicted molar refractivity (Wildman–Crippen MR) is 78.3 cm³/mol. The van der Waals surface area contributed by atoms with Crippen molar-refractivity contribution in [2.45, 2.75) is 23.6 Å². The second-order valence-corrected chi connectivity index (χ2v) is 7.29. The van der Waals surface area contributed by atoms with Gasteiger partial charge in [0.2, 0.25) is 0 Å². The van der Waals surface area contributed by atoms with Gasteiger partial charge in [-0.05, 0) is 38.1 Å². The third kappa shape index (κ3) is 8.02. The zero-order valence-corrected chi connectivity index (χ0v) is 19.7. The van der Waals surface area contributed by atoms with Crippen molar-refractivity contribution < 1.29 is 53.6 Å². The van der Waals surface area contributed by atoms with E-state index in [0.29, 0.717) is 0 Å². The second kappa shape index (κ2) is 8.88. The molecule has 2 aromatic carbocycles. The average Bonchev–Trinajstić information content (AvgIpc) is 2.38. The van der Waals surface area contributed by atoms with Crippen molar-refractivity contribution in [1.82, 2.24) is 0 Å². The van der Waals surface area contributed by atoms with Crippen LogP contribution in [0.2, 0.25) is 0 Å². The second-order valence-electron chi connectivity index (χ2n) is 4.53. The van der Waals surface area contributed by atoms with Crippen molar-refractivity contribution in [3.63, 3.8) is 0 Å². The van der Waals surface area contributed by atoms with Crippen LogP contribution in [0.4, 0.5) is 0 Å². The Morgan fingerprint density at radius 1 is 0.609 bits per heavy atom. The molecule has 2 aromatic rings. The Balaban J connectivity index is 0.000000403. The Morgan fingerprint density at radius 3 is 1.00 bits per heavy atom. The smallest absolute Gasteiger partial charge is 0.744 e. The summed E-state index contributed by atoms with van der Waals surface area (Å²) in [5.41, 5.74) is 1.86. The Morgan fingerprint density at radius 2 is 0.826 bits per heavy atom. The van der Waals surface area contributed by atoms with Crippen LogP contribution >= 0.6 is 0 Å². The zero-order valence-electron chi connectivity index (χ0n) is 12.6. The van der Waals surface area contributed by atoms with Gasteiger partial charge in [-0.1, -0.05) is 35.4 Å². The molecule has 0 saturated heterocycles. The van der Waals surface area contributed by atoms with Crippen LogP contribution in [0.3, 0.4) is 0 Å². The first kappa shape index (κ1) is 22.2. The van der Waals surface area contributed by atoms with Gasteiger partial charge in [-0.2, -0.15) is 0 Å². The number of aryl methyl sites for hydroxylation is 2. The summed E-state index contributed by atoms with van der Waals surface area (Å²) < 4.78 is 62.3. The molecule has 9 heteroatoms. The van der Waals surface area contributed by atoms with Crippen LogP contribution in [-0.2, 0) is 47.9 Å². The van der Waals surface area contributed by atoms with Crippen molar-refractivity contribution in [1.29, 1.82) is 0 Å². The van der Waals surface area contributed by atoms with Gasteiger partial charge in [-0.3, -0.25) is 0 Å². The van der Waals surface area contributed by atoms with Gasteiger partial charge < -0.3 is 9.11 Å². The van der Waals surface area contributed by atoms with Crippen molar-refractivity contribution in [3.05, 3.63) is 59.7 Å². The summed E-state index contributed by atoms with van der Waals surface area (Å²) in [5, 5.41) is 0. The van der Waals surface area contributed by atoms with Gasteiger partial charge in [0, 0.05) is 0 Å². The maximum Gasteiger partial charge on any atom is 2.00 e. The molecule has 0 aliphatic rings. The van der Waals surface area contributed by atoms with E-state index >= 15 is 0 Å². The molecule has 0 N–H and O–H groups in total. The molecule has 0 amide bonds. The van der Waals surface area contributed by atoms with Gasteiger partial charge in [0.1, 0.15) is 20.2 Å². The van der Waals surface area contributed by atoms with Crippen LogP contribution in [-0.4, -0.2) is 25.9 Å². The molecule has 0 heterocycles. The molecular weight excluding hydrogens is 529 g/mol. The van der Waals surface area contributed by atoms with E-state index in [1.165, 1.54) is 24.3 Å². The molecule has 0 aromatic heterocycles. The maximum absolute atomic E-state index is 10.4. The molecule has 23 heavy (non-hydrogen) atoms. The molecule has 0 aliphatic carbocycles. The Labute approximate surface area is 156 Å². The molecule has 2 rings (SSSR count). The van der Waals surface area contributed by atoms with Crippen LogP contribution < -0.4 is 0 Å². The Kier molecular flexibility index (Phi) is 8.57. The molecule has 6 nitrogen and oxygen atoms in total. The monoisotopic (exact) mass is 544 g/mol. The molecule has 0 atom stereocenters. The SMILES string of the molecule is Cc1ccc(S(=O)(=O)[O-])cc1.Cc1ccc(S(=O)(=O)[O-])cc1.[Hg+2]. The van der Waals surface area contributed by atoms with Gasteiger partial charge in [-0.15, -0.1) is 0 Å². The Hall–Kier alpha value is -0.805. The number of hydrogen-bond donors (Lipinski definition) is 0. The minimum atomic E-state index is -4.27. The first-order valence-corrected chi connectivity index (χ1v) is 8.87. The molecular formula is C14H14HgO6S2. The van der Waals surface area contributed by atoms with E-state index in [1.54, 1.807) is 24.3 Å². The minimum Gasteiger partial charge on any atom is -0.744 e. The largest absolute Gasteiger partial charge is 2.00 e. The third-order valence-electron chi connectivity index (χ3n) is 2.62. The van der Waals surface area contributed by atoms with E-state index in [4.69, 9.17) is 0 Å². The summed E-state index contributed by atoms with van der Waals surface area (Å²) >= 11 is 0. The quantitative estimate of drug-likeness (QED) is 0.422. The topological polar surface area (TPSA) is 114 Å². The van der Waals surface area contributed by atoms with Gasteiger partial charge in [0.25, 0.3) is 0 Å². The van der Waals surface area contributed by atoms with Gasteiger partial charge in [-0.25, -0.2) is 16.8 Å². The van der Waals surface area contributed by atoms with Crippen molar-refractivity contribution in [2.75, 3.05) is 0 Å². The van der Waals surface area contributed by atoms with Crippen LogP contribution in [0.15, 0.2) is 58.3 Å². The third-order valence-corrected chi connectivity index (χ3v) is 4.32. The van der Waals surface area contributed by atoms with E-state index in [0.717, 1.165) is 11.1 Å². The van der Waals surface area contributed by atoms with E-state index in [-0.39, 0.29) is 37.5 Å². The summed E-state index contributed by atoms with van der Waals surface area (Å²) in [5.74, 6) is 0. The first-order valence-electron chi connectivity index (χ1n) is 6.05. The molecule has 120 valence electrons. The van der Waals surface area contributed by atoms with Gasteiger partial charge in [0.15, 0.2) is 0 Å². The average molecular weight is 543 g/mol. The van der Waals surface area contributed by atoms with E-state index in [2.05, 4.69) is 0 Å². The fraction of sp³-hybridized carbons (Fsp3) is 0.143. The normalized spacial score (nSPS) is 11.0. The van der Waals surface area contributed by atoms with Gasteiger partial charge >= 0.3 is 27.7 Å². The summed E-state index contributed by atoms with van der Waals surface area (Å²) in [6.45, 7) is 3.64. The van der Waals surface area contributed by atoms with E-state index in [1.807, 2.05) is 13.8 Å². The van der Waals surface area contributed by atoms with E-state index in [9.17, 15) is 25.9 Å². The fourth-order valence-electron chi connectivity index (χ4n) is 1.41. The zero-order chi connectivity index (χ0) is 17.0. The van der Waals surface area contributed by atoms with Crippen LogP contribution in [0, 0.1) is 13.8 Å². The number of rotatable bonds is 2.